The highest BCUT2D eigenvalue weighted by Crippen LogP contribution is 2.47. The summed E-state index contributed by atoms with van der Waals surface area (Å²) >= 11 is 0. The van der Waals surface area contributed by atoms with E-state index >= 15 is 0 Å². The summed E-state index contributed by atoms with van der Waals surface area (Å²) < 4.78 is 5.12. The van der Waals surface area contributed by atoms with Crippen molar-refractivity contribution in [2.45, 2.75) is 38.1 Å². The van der Waals surface area contributed by atoms with E-state index in [1.165, 1.54) is 12.8 Å². The lowest BCUT2D eigenvalue weighted by Gasteiger charge is -2.46. The summed E-state index contributed by atoms with van der Waals surface area (Å²) in [4.78, 5) is 14.1. The minimum absolute atomic E-state index is 0.320. The Balaban J connectivity index is 2.11. The van der Waals surface area contributed by atoms with Crippen molar-refractivity contribution in [1.29, 1.82) is 0 Å². The van der Waals surface area contributed by atoms with Gasteiger partial charge in [0.2, 0.25) is 5.91 Å². The maximum Gasteiger partial charge on any atom is 0.222 e. The van der Waals surface area contributed by atoms with Crippen molar-refractivity contribution < 1.29 is 9.53 Å². The molecule has 4 heteroatoms. The molecule has 0 aromatic heterocycles. The minimum Gasteiger partial charge on any atom is -0.383 e. The molecule has 1 N–H and O–H groups in total. The predicted molar refractivity (Wildman–Crippen MR) is 66.8 cm³/mol. The van der Waals surface area contributed by atoms with Crippen LogP contribution in [0, 0.1) is 5.41 Å². The lowest BCUT2D eigenvalue weighted by atomic mass is 9.74. The number of rotatable bonds is 5. The first-order chi connectivity index (χ1) is 8.23. The Kier molecular flexibility index (Phi) is 4.05. The number of fused-ring (bicyclic) bond motifs is 1. The van der Waals surface area contributed by atoms with E-state index in [9.17, 15) is 4.79 Å². The van der Waals surface area contributed by atoms with E-state index in [0.717, 1.165) is 25.9 Å². The molecule has 2 rings (SSSR count). The second-order valence-corrected chi connectivity index (χ2v) is 5.38. The molecule has 1 aliphatic heterocycles. The zero-order chi connectivity index (χ0) is 12.3. The summed E-state index contributed by atoms with van der Waals surface area (Å²) in [6, 6.07) is 0.436. The Bertz CT molecular complexity index is 283. The third kappa shape index (κ3) is 2.33. The molecule has 0 aromatic rings. The van der Waals surface area contributed by atoms with Crippen LogP contribution < -0.4 is 5.32 Å². The van der Waals surface area contributed by atoms with Crippen molar-refractivity contribution in [3.63, 3.8) is 0 Å². The lowest BCUT2D eigenvalue weighted by Crippen LogP contribution is -2.56. The molecule has 1 saturated carbocycles. The smallest absolute Gasteiger partial charge is 0.222 e. The summed E-state index contributed by atoms with van der Waals surface area (Å²) in [5, 5.41) is 3.32. The molecule has 98 valence electrons. The van der Waals surface area contributed by atoms with Crippen molar-refractivity contribution >= 4 is 5.91 Å². The highest BCUT2D eigenvalue weighted by Gasteiger charge is 2.49. The quantitative estimate of drug-likeness (QED) is 0.780. The Morgan fingerprint density at radius 1 is 1.53 bits per heavy atom. The highest BCUT2D eigenvalue weighted by atomic mass is 16.5. The molecular formula is C13H24N2O2. The summed E-state index contributed by atoms with van der Waals surface area (Å²) in [5.74, 6) is 0.320. The van der Waals surface area contributed by atoms with Gasteiger partial charge in [-0.05, 0) is 26.3 Å². The van der Waals surface area contributed by atoms with Crippen LogP contribution in [0.5, 0.6) is 0 Å². The van der Waals surface area contributed by atoms with Gasteiger partial charge in [-0.3, -0.25) is 4.79 Å². The number of hydrogen-bond acceptors (Lipinski definition) is 3. The second-order valence-electron chi connectivity index (χ2n) is 5.38. The molecule has 0 unspecified atom stereocenters. The van der Waals surface area contributed by atoms with E-state index < -0.39 is 0 Å². The van der Waals surface area contributed by atoms with Gasteiger partial charge >= 0.3 is 0 Å². The van der Waals surface area contributed by atoms with Gasteiger partial charge in [-0.1, -0.05) is 6.42 Å². The summed E-state index contributed by atoms with van der Waals surface area (Å²) in [6.07, 6.45) is 5.44. The number of amides is 1. The number of carbonyl (C=O) groups excluding carboxylic acids is 1. The molecule has 1 saturated heterocycles. The number of nitrogens with one attached hydrogen (secondary N) is 1. The van der Waals surface area contributed by atoms with Gasteiger partial charge in [0.05, 0.1) is 6.61 Å². The first kappa shape index (κ1) is 12.8. The third-order valence-corrected chi connectivity index (χ3v) is 4.46. The van der Waals surface area contributed by atoms with Gasteiger partial charge in [-0.2, -0.15) is 0 Å². The molecule has 17 heavy (non-hydrogen) atoms. The maximum atomic E-state index is 12.0. The molecule has 2 fully saturated rings. The van der Waals surface area contributed by atoms with E-state index in [0.29, 0.717) is 30.4 Å². The molecule has 1 heterocycles. The second kappa shape index (κ2) is 5.36. The van der Waals surface area contributed by atoms with Gasteiger partial charge in [0.15, 0.2) is 0 Å². The van der Waals surface area contributed by atoms with Crippen LogP contribution in [-0.2, 0) is 9.53 Å². The molecule has 2 atom stereocenters. The largest absolute Gasteiger partial charge is 0.383 e. The van der Waals surface area contributed by atoms with Gasteiger partial charge < -0.3 is 15.0 Å². The van der Waals surface area contributed by atoms with Crippen LogP contribution >= 0.6 is 0 Å². The Morgan fingerprint density at radius 3 is 3.06 bits per heavy atom. The number of carbonyl (C=O) groups is 1. The molecule has 1 amide bonds. The van der Waals surface area contributed by atoms with E-state index in [4.69, 9.17) is 4.74 Å². The average Bonchev–Trinajstić information content (AvgIpc) is 2.73. The fraction of sp³-hybridized carbons (Fsp3) is 0.923. The topological polar surface area (TPSA) is 41.6 Å². The Hall–Kier alpha value is -0.610. The summed E-state index contributed by atoms with van der Waals surface area (Å²) in [7, 11) is 3.71. The van der Waals surface area contributed by atoms with E-state index in [-0.39, 0.29) is 0 Å². The van der Waals surface area contributed by atoms with Crippen LogP contribution in [0.25, 0.3) is 0 Å². The number of likely N-dealkylation sites (tertiary alicyclic amines) is 1. The fourth-order valence-corrected chi connectivity index (χ4v) is 3.69. The van der Waals surface area contributed by atoms with Crippen LogP contribution in [0.1, 0.15) is 32.1 Å². The minimum atomic E-state index is 0.320. The SMILES string of the molecule is CNC[C@@]12CCC[C@H]1N(CCOC)C(=O)CC2. The summed E-state index contributed by atoms with van der Waals surface area (Å²) in [6.45, 7) is 2.44. The standard InChI is InChI=1S/C13H24N2O2/c1-14-10-13-6-3-4-11(13)15(8-9-17-2)12(16)5-7-13/h11,14H,3-10H2,1-2H3/t11-,13+/m1/s1. The fourth-order valence-electron chi connectivity index (χ4n) is 3.69. The van der Waals surface area contributed by atoms with Crippen LogP contribution in [0.4, 0.5) is 0 Å². The van der Waals surface area contributed by atoms with Gasteiger partial charge in [0.1, 0.15) is 0 Å². The molecule has 1 aliphatic carbocycles. The maximum absolute atomic E-state index is 12.0. The van der Waals surface area contributed by atoms with Crippen molar-refractivity contribution in [2.75, 3.05) is 33.9 Å². The number of methoxy groups -OCH3 is 1. The third-order valence-electron chi connectivity index (χ3n) is 4.46. The zero-order valence-electron chi connectivity index (χ0n) is 11.0. The van der Waals surface area contributed by atoms with Crippen LogP contribution in [0.2, 0.25) is 0 Å². The highest BCUT2D eigenvalue weighted by molar-refractivity contribution is 5.77. The van der Waals surface area contributed by atoms with Crippen LogP contribution in [0.15, 0.2) is 0 Å². The van der Waals surface area contributed by atoms with Crippen molar-refractivity contribution in [3.8, 4) is 0 Å². The molecular weight excluding hydrogens is 216 g/mol. The van der Waals surface area contributed by atoms with Crippen molar-refractivity contribution in [1.82, 2.24) is 10.2 Å². The number of nitrogens with zero attached hydrogens (tertiary/aromatic N) is 1. The van der Waals surface area contributed by atoms with Crippen LogP contribution in [0.3, 0.4) is 0 Å². The molecule has 0 spiro atoms. The normalized spacial score (nSPS) is 32.9. The van der Waals surface area contributed by atoms with Gasteiger partial charge in [-0.25, -0.2) is 0 Å². The first-order valence-electron chi connectivity index (χ1n) is 6.66. The predicted octanol–water partition coefficient (Wildman–Crippen LogP) is 1.01. The van der Waals surface area contributed by atoms with Crippen molar-refractivity contribution in [2.24, 2.45) is 5.41 Å². The van der Waals surface area contributed by atoms with E-state index in [2.05, 4.69) is 10.2 Å². The van der Waals surface area contributed by atoms with Crippen molar-refractivity contribution in [3.05, 3.63) is 0 Å². The summed E-state index contributed by atoms with van der Waals surface area (Å²) in [5.41, 5.74) is 0.330. The molecule has 4 nitrogen and oxygen atoms in total. The monoisotopic (exact) mass is 240 g/mol. The Labute approximate surface area is 104 Å². The van der Waals surface area contributed by atoms with Gasteiger partial charge in [0, 0.05) is 38.1 Å². The Morgan fingerprint density at radius 2 is 2.35 bits per heavy atom. The van der Waals surface area contributed by atoms with E-state index in [1.807, 2.05) is 7.05 Å². The number of piperidine rings is 1. The van der Waals surface area contributed by atoms with Gasteiger partial charge in [0.25, 0.3) is 0 Å². The van der Waals surface area contributed by atoms with Crippen LogP contribution in [-0.4, -0.2) is 50.7 Å². The first-order valence-corrected chi connectivity index (χ1v) is 6.66. The zero-order valence-corrected chi connectivity index (χ0v) is 11.0. The van der Waals surface area contributed by atoms with E-state index in [1.54, 1.807) is 7.11 Å². The van der Waals surface area contributed by atoms with Gasteiger partial charge in [-0.15, -0.1) is 0 Å². The lowest BCUT2D eigenvalue weighted by molar-refractivity contribution is -0.142. The molecule has 0 aromatic carbocycles. The molecule has 2 aliphatic rings. The molecule has 0 bridgehead atoms. The average molecular weight is 240 g/mol. The number of hydrogen-bond donors (Lipinski definition) is 1. The molecule has 0 radical (unpaired) electrons. The number of ether oxygens (including phenoxy) is 1.